The van der Waals surface area contributed by atoms with Gasteiger partial charge in [-0.1, -0.05) is 6.92 Å². The van der Waals surface area contributed by atoms with Gasteiger partial charge in [-0.25, -0.2) is 0 Å². The van der Waals surface area contributed by atoms with E-state index < -0.39 is 0 Å². The predicted octanol–water partition coefficient (Wildman–Crippen LogP) is 1.73. The molecule has 76 valence electrons. The monoisotopic (exact) mass is 193 g/mol. The van der Waals surface area contributed by atoms with Gasteiger partial charge in [0.15, 0.2) is 0 Å². The van der Waals surface area contributed by atoms with Crippen LogP contribution in [0.5, 0.6) is 5.75 Å². The highest BCUT2D eigenvalue weighted by Crippen LogP contribution is 2.19. The Morgan fingerprint density at radius 3 is 3.00 bits per heavy atom. The van der Waals surface area contributed by atoms with Crippen LogP contribution >= 0.6 is 0 Å². The van der Waals surface area contributed by atoms with Gasteiger partial charge in [0, 0.05) is 5.69 Å². The van der Waals surface area contributed by atoms with Crippen LogP contribution in [0, 0.1) is 6.92 Å². The van der Waals surface area contributed by atoms with Crippen molar-refractivity contribution in [2.45, 2.75) is 26.4 Å². The molecule has 2 heterocycles. The van der Waals surface area contributed by atoms with Crippen molar-refractivity contribution < 1.29 is 9.47 Å². The maximum atomic E-state index is 5.62. The lowest BCUT2D eigenvalue weighted by Gasteiger charge is -2.08. The average Bonchev–Trinajstić information content (AvgIpc) is 2.99. The largest absolute Gasteiger partial charge is 0.489 e. The fourth-order valence-electron chi connectivity index (χ4n) is 1.33. The molecule has 3 heteroatoms. The number of ether oxygens (including phenoxy) is 2. The fraction of sp³-hybridized carbons (Fsp3) is 0.545. The molecule has 1 fully saturated rings. The second-order valence-electron chi connectivity index (χ2n) is 3.52. The first-order chi connectivity index (χ1) is 6.79. The summed E-state index contributed by atoms with van der Waals surface area (Å²) in [7, 11) is 0. The average molecular weight is 193 g/mol. The molecule has 1 atom stereocenters. The van der Waals surface area contributed by atoms with Crippen molar-refractivity contribution in [3.8, 4) is 5.75 Å². The third-order valence-electron chi connectivity index (χ3n) is 2.23. The molecule has 3 nitrogen and oxygen atoms in total. The zero-order valence-corrected chi connectivity index (χ0v) is 8.62. The lowest BCUT2D eigenvalue weighted by Crippen LogP contribution is -2.06. The standard InChI is InChI=1S/C11H15NO2/c1-3-10-11(5-4-8(2)12-10)14-7-9-6-13-9/h4-5,9H,3,6-7H2,1-2H3/t9-/m0/s1. The van der Waals surface area contributed by atoms with E-state index in [0.717, 1.165) is 30.2 Å². The number of hydrogen-bond acceptors (Lipinski definition) is 3. The molecule has 0 aromatic carbocycles. The fourth-order valence-corrected chi connectivity index (χ4v) is 1.33. The van der Waals surface area contributed by atoms with Crippen molar-refractivity contribution in [2.24, 2.45) is 0 Å². The summed E-state index contributed by atoms with van der Waals surface area (Å²) in [6.45, 7) is 5.56. The lowest BCUT2D eigenvalue weighted by molar-refractivity contribution is 0.260. The summed E-state index contributed by atoms with van der Waals surface area (Å²) in [5, 5.41) is 0. The molecular weight excluding hydrogens is 178 g/mol. The Morgan fingerprint density at radius 1 is 1.57 bits per heavy atom. The first-order valence-electron chi connectivity index (χ1n) is 5.00. The number of aryl methyl sites for hydroxylation is 2. The summed E-state index contributed by atoms with van der Waals surface area (Å²) in [4.78, 5) is 4.42. The first-order valence-corrected chi connectivity index (χ1v) is 5.00. The summed E-state index contributed by atoms with van der Waals surface area (Å²) in [6.07, 6.45) is 1.21. The van der Waals surface area contributed by atoms with Gasteiger partial charge < -0.3 is 9.47 Å². The molecule has 1 aromatic heterocycles. The Morgan fingerprint density at radius 2 is 2.36 bits per heavy atom. The van der Waals surface area contributed by atoms with E-state index in [2.05, 4.69) is 11.9 Å². The van der Waals surface area contributed by atoms with Crippen LogP contribution in [-0.4, -0.2) is 24.3 Å². The molecule has 1 aliphatic rings. The van der Waals surface area contributed by atoms with E-state index in [1.54, 1.807) is 0 Å². The molecule has 0 radical (unpaired) electrons. The molecule has 0 aliphatic carbocycles. The number of epoxide rings is 1. The minimum atomic E-state index is 0.306. The first kappa shape index (κ1) is 9.46. The van der Waals surface area contributed by atoms with E-state index in [0.29, 0.717) is 12.7 Å². The molecule has 0 unspecified atom stereocenters. The number of hydrogen-bond donors (Lipinski definition) is 0. The number of aromatic nitrogens is 1. The molecule has 14 heavy (non-hydrogen) atoms. The molecule has 1 aromatic rings. The van der Waals surface area contributed by atoms with Gasteiger partial charge in [-0.05, 0) is 25.5 Å². The van der Waals surface area contributed by atoms with Crippen LogP contribution in [0.3, 0.4) is 0 Å². The highest BCUT2D eigenvalue weighted by atomic mass is 16.6. The second kappa shape index (κ2) is 3.96. The Kier molecular flexibility index (Phi) is 2.68. The maximum absolute atomic E-state index is 5.62. The van der Waals surface area contributed by atoms with Gasteiger partial charge in [0.05, 0.1) is 12.3 Å². The van der Waals surface area contributed by atoms with Crippen LogP contribution in [0.1, 0.15) is 18.3 Å². The zero-order chi connectivity index (χ0) is 9.97. The minimum Gasteiger partial charge on any atom is -0.489 e. The molecule has 1 saturated heterocycles. The van der Waals surface area contributed by atoms with E-state index in [9.17, 15) is 0 Å². The molecular formula is C11H15NO2. The van der Waals surface area contributed by atoms with Crippen LogP contribution < -0.4 is 4.74 Å². The van der Waals surface area contributed by atoms with Crippen molar-refractivity contribution in [1.82, 2.24) is 4.98 Å². The summed E-state index contributed by atoms with van der Waals surface area (Å²) >= 11 is 0. The van der Waals surface area contributed by atoms with E-state index >= 15 is 0 Å². The summed E-state index contributed by atoms with van der Waals surface area (Å²) in [5.41, 5.74) is 2.07. The Hall–Kier alpha value is -1.09. The number of rotatable bonds is 4. The maximum Gasteiger partial charge on any atom is 0.140 e. The van der Waals surface area contributed by atoms with Gasteiger partial charge in [-0.3, -0.25) is 4.98 Å². The van der Waals surface area contributed by atoms with Crippen LogP contribution in [0.15, 0.2) is 12.1 Å². The van der Waals surface area contributed by atoms with Crippen molar-refractivity contribution in [3.63, 3.8) is 0 Å². The second-order valence-corrected chi connectivity index (χ2v) is 3.52. The Labute approximate surface area is 84.1 Å². The Bertz CT molecular complexity index is 321. The summed E-state index contributed by atoms with van der Waals surface area (Å²) in [5.74, 6) is 0.897. The van der Waals surface area contributed by atoms with Crippen LogP contribution in [-0.2, 0) is 11.2 Å². The topological polar surface area (TPSA) is 34.6 Å². The van der Waals surface area contributed by atoms with E-state index in [-0.39, 0.29) is 0 Å². The minimum absolute atomic E-state index is 0.306. The molecule has 0 N–H and O–H groups in total. The van der Waals surface area contributed by atoms with Crippen LogP contribution in [0.25, 0.3) is 0 Å². The number of pyridine rings is 1. The smallest absolute Gasteiger partial charge is 0.140 e. The van der Waals surface area contributed by atoms with E-state index in [4.69, 9.17) is 9.47 Å². The molecule has 0 spiro atoms. The van der Waals surface area contributed by atoms with Gasteiger partial charge in [0.2, 0.25) is 0 Å². The molecule has 0 amide bonds. The van der Waals surface area contributed by atoms with Gasteiger partial charge in [-0.15, -0.1) is 0 Å². The van der Waals surface area contributed by atoms with Crippen LogP contribution in [0.2, 0.25) is 0 Å². The highest BCUT2D eigenvalue weighted by molar-refractivity contribution is 5.29. The molecule has 1 aliphatic heterocycles. The van der Waals surface area contributed by atoms with Crippen molar-refractivity contribution >= 4 is 0 Å². The van der Waals surface area contributed by atoms with Crippen molar-refractivity contribution in [1.29, 1.82) is 0 Å². The van der Waals surface area contributed by atoms with Gasteiger partial charge in [0.1, 0.15) is 18.5 Å². The molecule has 0 saturated carbocycles. The third kappa shape index (κ3) is 2.23. The van der Waals surface area contributed by atoms with E-state index in [1.165, 1.54) is 0 Å². The van der Waals surface area contributed by atoms with Gasteiger partial charge in [0.25, 0.3) is 0 Å². The van der Waals surface area contributed by atoms with Gasteiger partial charge in [-0.2, -0.15) is 0 Å². The Balaban J connectivity index is 2.05. The molecule has 2 rings (SSSR count). The lowest BCUT2D eigenvalue weighted by atomic mass is 10.2. The van der Waals surface area contributed by atoms with E-state index in [1.807, 2.05) is 19.1 Å². The van der Waals surface area contributed by atoms with Crippen LogP contribution in [0.4, 0.5) is 0 Å². The van der Waals surface area contributed by atoms with Crippen molar-refractivity contribution in [3.05, 3.63) is 23.5 Å². The summed E-state index contributed by atoms with van der Waals surface area (Å²) in [6, 6.07) is 3.96. The predicted molar refractivity (Wildman–Crippen MR) is 53.6 cm³/mol. The third-order valence-corrected chi connectivity index (χ3v) is 2.23. The summed E-state index contributed by atoms with van der Waals surface area (Å²) < 4.78 is 10.7. The number of nitrogens with zero attached hydrogens (tertiary/aromatic N) is 1. The normalized spacial score (nSPS) is 19.4. The SMILES string of the molecule is CCc1nc(C)ccc1OC[C@@H]1CO1. The van der Waals surface area contributed by atoms with Gasteiger partial charge >= 0.3 is 0 Å². The quantitative estimate of drug-likeness (QED) is 0.683. The highest BCUT2D eigenvalue weighted by Gasteiger charge is 2.23. The molecule has 0 bridgehead atoms. The zero-order valence-electron chi connectivity index (χ0n) is 8.62. The van der Waals surface area contributed by atoms with Crippen molar-refractivity contribution in [2.75, 3.05) is 13.2 Å².